The topological polar surface area (TPSA) is 64.1 Å². The van der Waals surface area contributed by atoms with Crippen molar-refractivity contribution in [1.29, 1.82) is 0 Å². The first-order valence-electron chi connectivity index (χ1n) is 5.87. The summed E-state index contributed by atoms with van der Waals surface area (Å²) in [6.45, 7) is 2.38. The third-order valence-electron chi connectivity index (χ3n) is 2.63. The number of thiocarbonyl (C=S) groups is 1. The van der Waals surface area contributed by atoms with Crippen LogP contribution in [0.5, 0.6) is 0 Å². The van der Waals surface area contributed by atoms with Gasteiger partial charge in [0.25, 0.3) is 0 Å². The fraction of sp³-hybridized carbons (Fsp3) is 0.231. The van der Waals surface area contributed by atoms with E-state index < -0.39 is 5.82 Å². The average molecular weight is 279 g/mol. The molecule has 0 aliphatic heterocycles. The molecule has 6 heteroatoms. The molecular formula is C13H14FN3OS. The summed E-state index contributed by atoms with van der Waals surface area (Å²) in [5, 5.41) is 3.02. The summed E-state index contributed by atoms with van der Waals surface area (Å²) in [6, 6.07) is 4.60. The third-order valence-corrected chi connectivity index (χ3v) is 2.85. The summed E-state index contributed by atoms with van der Waals surface area (Å²) >= 11 is 4.74. The Morgan fingerprint density at radius 1 is 1.53 bits per heavy atom. The summed E-state index contributed by atoms with van der Waals surface area (Å²) in [6.07, 6.45) is 2.48. The fourth-order valence-corrected chi connectivity index (χ4v) is 1.76. The number of hydrogen-bond acceptors (Lipinski definition) is 4. The van der Waals surface area contributed by atoms with E-state index in [0.29, 0.717) is 18.1 Å². The largest absolute Gasteiger partial charge is 0.444 e. The van der Waals surface area contributed by atoms with Gasteiger partial charge in [-0.2, -0.15) is 0 Å². The minimum atomic E-state index is -0.445. The molecule has 0 saturated heterocycles. The monoisotopic (exact) mass is 279 g/mol. The maximum atomic E-state index is 13.6. The van der Waals surface area contributed by atoms with E-state index in [9.17, 15) is 4.39 Å². The lowest BCUT2D eigenvalue weighted by molar-refractivity contribution is 0.466. The quantitative estimate of drug-likeness (QED) is 0.824. The lowest BCUT2D eigenvalue weighted by Crippen LogP contribution is -2.12. The van der Waals surface area contributed by atoms with E-state index in [4.69, 9.17) is 22.4 Å². The lowest BCUT2D eigenvalue weighted by atomic mass is 10.2. The Bertz CT molecular complexity index is 597. The van der Waals surface area contributed by atoms with Crippen molar-refractivity contribution in [2.45, 2.75) is 19.9 Å². The zero-order valence-corrected chi connectivity index (χ0v) is 11.3. The van der Waals surface area contributed by atoms with Crippen molar-refractivity contribution in [2.24, 2.45) is 5.73 Å². The van der Waals surface area contributed by atoms with Crippen molar-refractivity contribution in [3.63, 3.8) is 0 Å². The minimum Gasteiger partial charge on any atom is -0.444 e. The molecule has 0 aliphatic rings. The first-order valence-corrected chi connectivity index (χ1v) is 6.27. The number of nitrogens with zero attached hydrogens (tertiary/aromatic N) is 1. The number of halogens is 1. The first-order chi connectivity index (χ1) is 9.10. The number of nitrogens with two attached hydrogens (primary N) is 1. The van der Waals surface area contributed by atoms with Crippen molar-refractivity contribution in [3.8, 4) is 0 Å². The number of oxazole rings is 1. The second-order valence-electron chi connectivity index (χ2n) is 3.99. The number of hydrogen-bond donors (Lipinski definition) is 2. The van der Waals surface area contributed by atoms with Crippen molar-refractivity contribution >= 4 is 22.9 Å². The second-order valence-corrected chi connectivity index (χ2v) is 4.43. The van der Waals surface area contributed by atoms with Crippen LogP contribution in [0.1, 0.15) is 24.1 Å². The van der Waals surface area contributed by atoms with Crippen LogP contribution < -0.4 is 11.1 Å². The Balaban J connectivity index is 2.03. The second kappa shape index (κ2) is 5.79. The maximum absolute atomic E-state index is 13.6. The van der Waals surface area contributed by atoms with E-state index in [1.54, 1.807) is 18.3 Å². The molecule has 0 atom stereocenters. The summed E-state index contributed by atoms with van der Waals surface area (Å²) in [4.78, 5) is 4.15. The van der Waals surface area contributed by atoms with E-state index in [1.165, 1.54) is 6.07 Å². The smallest absolute Gasteiger partial charge is 0.213 e. The fourth-order valence-electron chi connectivity index (χ4n) is 1.60. The SMILES string of the molecule is CCc1cnc(CNc2ccc(C(N)=S)c(F)c2)o1. The zero-order chi connectivity index (χ0) is 13.8. The highest BCUT2D eigenvalue weighted by atomic mass is 32.1. The molecule has 1 aromatic heterocycles. The molecule has 0 radical (unpaired) electrons. The van der Waals surface area contributed by atoms with Gasteiger partial charge in [-0.3, -0.25) is 0 Å². The molecule has 19 heavy (non-hydrogen) atoms. The Morgan fingerprint density at radius 2 is 2.32 bits per heavy atom. The number of aromatic nitrogens is 1. The van der Waals surface area contributed by atoms with Crippen LogP contribution in [0.25, 0.3) is 0 Å². The van der Waals surface area contributed by atoms with Gasteiger partial charge in [0.1, 0.15) is 16.6 Å². The average Bonchev–Trinajstić information content (AvgIpc) is 2.84. The van der Waals surface area contributed by atoms with Crippen molar-refractivity contribution in [1.82, 2.24) is 4.98 Å². The Labute approximate surface area is 115 Å². The highest BCUT2D eigenvalue weighted by Gasteiger charge is 2.07. The van der Waals surface area contributed by atoms with Crippen LogP contribution >= 0.6 is 12.2 Å². The molecule has 1 heterocycles. The molecule has 2 rings (SSSR count). The number of nitrogens with one attached hydrogen (secondary N) is 1. The van der Waals surface area contributed by atoms with Gasteiger partial charge in [-0.05, 0) is 18.2 Å². The Kier molecular flexibility index (Phi) is 4.11. The highest BCUT2D eigenvalue weighted by Crippen LogP contribution is 2.15. The molecule has 0 aliphatic carbocycles. The van der Waals surface area contributed by atoms with Crippen LogP contribution in [0.3, 0.4) is 0 Å². The minimum absolute atomic E-state index is 0.0457. The summed E-state index contributed by atoms with van der Waals surface area (Å²) < 4.78 is 19.1. The first kappa shape index (κ1) is 13.5. The standard InChI is InChI=1S/C13H14FN3OS/c1-2-9-6-17-12(18-9)7-16-8-3-4-10(13(15)19)11(14)5-8/h3-6,16H,2,7H2,1H3,(H2,15,19). The van der Waals surface area contributed by atoms with Crippen molar-refractivity contribution in [2.75, 3.05) is 5.32 Å². The van der Waals surface area contributed by atoms with Gasteiger partial charge >= 0.3 is 0 Å². The molecule has 0 spiro atoms. The van der Waals surface area contributed by atoms with Gasteiger partial charge < -0.3 is 15.5 Å². The van der Waals surface area contributed by atoms with Gasteiger partial charge in [-0.1, -0.05) is 19.1 Å². The number of benzene rings is 1. The van der Waals surface area contributed by atoms with E-state index >= 15 is 0 Å². The van der Waals surface area contributed by atoms with Gasteiger partial charge in [-0.15, -0.1) is 0 Å². The van der Waals surface area contributed by atoms with Gasteiger partial charge in [0.15, 0.2) is 0 Å². The molecule has 1 aromatic carbocycles. The number of aryl methyl sites for hydroxylation is 1. The Hall–Kier alpha value is -1.95. The van der Waals surface area contributed by atoms with Crippen molar-refractivity contribution in [3.05, 3.63) is 47.4 Å². The number of rotatable bonds is 5. The van der Waals surface area contributed by atoms with Crippen molar-refractivity contribution < 1.29 is 8.81 Å². The molecular weight excluding hydrogens is 265 g/mol. The van der Waals surface area contributed by atoms with E-state index in [0.717, 1.165) is 12.2 Å². The van der Waals surface area contributed by atoms with Gasteiger partial charge in [0.05, 0.1) is 12.7 Å². The predicted octanol–water partition coefficient (Wildman–Crippen LogP) is 2.62. The van der Waals surface area contributed by atoms with Gasteiger partial charge in [0.2, 0.25) is 5.89 Å². The normalized spacial score (nSPS) is 10.4. The van der Waals surface area contributed by atoms with Crippen LogP contribution in [0, 0.1) is 5.82 Å². The molecule has 2 aromatic rings. The molecule has 0 fully saturated rings. The van der Waals surface area contributed by atoms with Gasteiger partial charge in [-0.25, -0.2) is 9.37 Å². The van der Waals surface area contributed by atoms with E-state index in [2.05, 4.69) is 10.3 Å². The van der Waals surface area contributed by atoms with Crippen LogP contribution in [0.4, 0.5) is 10.1 Å². The zero-order valence-electron chi connectivity index (χ0n) is 10.4. The molecule has 0 amide bonds. The Morgan fingerprint density at radius 3 is 2.89 bits per heavy atom. The van der Waals surface area contributed by atoms with Gasteiger partial charge in [0, 0.05) is 17.7 Å². The van der Waals surface area contributed by atoms with E-state index in [-0.39, 0.29) is 10.6 Å². The molecule has 0 bridgehead atoms. The number of anilines is 1. The maximum Gasteiger partial charge on any atom is 0.213 e. The molecule has 0 saturated carbocycles. The third kappa shape index (κ3) is 3.29. The van der Waals surface area contributed by atoms with Crippen LogP contribution in [0.15, 0.2) is 28.8 Å². The lowest BCUT2D eigenvalue weighted by Gasteiger charge is -2.06. The predicted molar refractivity (Wildman–Crippen MR) is 75.5 cm³/mol. The summed E-state index contributed by atoms with van der Waals surface area (Å²) in [5.41, 5.74) is 6.25. The summed E-state index contributed by atoms with van der Waals surface area (Å²) in [5.74, 6) is 0.946. The molecule has 0 unspecified atom stereocenters. The van der Waals surface area contributed by atoms with Crippen LogP contribution in [-0.4, -0.2) is 9.97 Å². The van der Waals surface area contributed by atoms with E-state index in [1.807, 2.05) is 6.92 Å². The molecule has 100 valence electrons. The highest BCUT2D eigenvalue weighted by molar-refractivity contribution is 7.80. The molecule has 4 nitrogen and oxygen atoms in total. The van der Waals surface area contributed by atoms with Crippen LogP contribution in [-0.2, 0) is 13.0 Å². The molecule has 3 N–H and O–H groups in total. The van der Waals surface area contributed by atoms with Crippen LogP contribution in [0.2, 0.25) is 0 Å². The summed E-state index contributed by atoms with van der Waals surface area (Å²) in [7, 11) is 0.